The van der Waals surface area contributed by atoms with Gasteiger partial charge in [0, 0.05) is 6.92 Å². The molecule has 1 aliphatic rings. The molecule has 0 saturated heterocycles. The minimum Gasteiger partial charge on any atom is -0.411 e. The molecule has 0 amide bonds. The molecule has 0 aliphatic carbocycles. The van der Waals surface area contributed by atoms with Crippen LogP contribution >= 0.6 is 0 Å². The molecule has 0 aromatic carbocycles. The lowest BCUT2D eigenvalue weighted by Crippen LogP contribution is -2.50. The summed E-state index contributed by atoms with van der Waals surface area (Å²) in [5.74, 6) is -0.237. The summed E-state index contributed by atoms with van der Waals surface area (Å²) in [7, 11) is 0. The number of nitrogens with zero attached hydrogens (tertiary/aromatic N) is 1. The lowest BCUT2D eigenvalue weighted by atomic mass is 10.2. The second-order valence-corrected chi connectivity index (χ2v) is 2.09. The third-order valence-corrected chi connectivity index (χ3v) is 1.22. The SMILES string of the molecule is CC1=NC(N)C(N)C(=O)O1. The van der Waals surface area contributed by atoms with Crippen molar-refractivity contribution >= 4 is 11.9 Å². The number of nitrogens with two attached hydrogens (primary N) is 2. The Morgan fingerprint density at radius 2 is 2.20 bits per heavy atom. The van der Waals surface area contributed by atoms with Crippen LogP contribution in [0.3, 0.4) is 0 Å². The molecular weight excluding hydrogens is 134 g/mol. The summed E-state index contributed by atoms with van der Waals surface area (Å²) in [6, 6.07) is -0.816. The average molecular weight is 143 g/mol. The lowest BCUT2D eigenvalue weighted by Gasteiger charge is -2.20. The number of carbonyl (C=O) groups is 1. The molecule has 1 rings (SSSR count). The summed E-state index contributed by atoms with van der Waals surface area (Å²) in [5, 5.41) is 0. The van der Waals surface area contributed by atoms with Crippen LogP contribution in [-0.4, -0.2) is 24.1 Å². The minimum atomic E-state index is -0.816. The zero-order chi connectivity index (χ0) is 7.72. The molecule has 56 valence electrons. The van der Waals surface area contributed by atoms with Crippen molar-refractivity contribution in [2.75, 3.05) is 0 Å². The van der Waals surface area contributed by atoms with Crippen molar-refractivity contribution in [3.63, 3.8) is 0 Å². The number of cyclic esters (lactones) is 1. The van der Waals surface area contributed by atoms with Crippen molar-refractivity contribution in [2.24, 2.45) is 16.5 Å². The Balaban J connectivity index is 2.79. The molecule has 1 aliphatic heterocycles. The molecule has 5 heteroatoms. The fraction of sp³-hybridized carbons (Fsp3) is 0.600. The van der Waals surface area contributed by atoms with Crippen LogP contribution in [0.2, 0.25) is 0 Å². The van der Waals surface area contributed by atoms with Crippen LogP contribution < -0.4 is 11.5 Å². The van der Waals surface area contributed by atoms with E-state index in [4.69, 9.17) is 11.5 Å². The zero-order valence-corrected chi connectivity index (χ0v) is 5.57. The van der Waals surface area contributed by atoms with Gasteiger partial charge in [-0.15, -0.1) is 0 Å². The molecule has 0 fully saturated rings. The summed E-state index contributed by atoms with van der Waals surface area (Å²) in [6.45, 7) is 1.56. The molecule has 4 N–H and O–H groups in total. The van der Waals surface area contributed by atoms with E-state index in [1.807, 2.05) is 0 Å². The van der Waals surface area contributed by atoms with Gasteiger partial charge < -0.3 is 16.2 Å². The monoisotopic (exact) mass is 143 g/mol. The van der Waals surface area contributed by atoms with Crippen LogP contribution in [0.1, 0.15) is 6.92 Å². The molecule has 0 aromatic heterocycles. The van der Waals surface area contributed by atoms with E-state index in [0.29, 0.717) is 0 Å². The zero-order valence-electron chi connectivity index (χ0n) is 5.57. The van der Waals surface area contributed by atoms with Crippen LogP contribution in [0.4, 0.5) is 0 Å². The Morgan fingerprint density at radius 3 is 2.70 bits per heavy atom. The highest BCUT2D eigenvalue weighted by Gasteiger charge is 2.27. The van der Waals surface area contributed by atoms with Crippen molar-refractivity contribution in [3.05, 3.63) is 0 Å². The maximum atomic E-state index is 10.7. The number of ether oxygens (including phenoxy) is 1. The third kappa shape index (κ3) is 1.14. The summed E-state index contributed by atoms with van der Waals surface area (Å²) in [4.78, 5) is 14.4. The Bertz CT molecular complexity index is 189. The van der Waals surface area contributed by atoms with Gasteiger partial charge in [0.15, 0.2) is 5.90 Å². The summed E-state index contributed by atoms with van der Waals surface area (Å²) in [5.41, 5.74) is 10.6. The molecule has 0 spiro atoms. The van der Waals surface area contributed by atoms with E-state index in [0.717, 1.165) is 0 Å². The highest BCUT2D eigenvalue weighted by Crippen LogP contribution is 2.01. The highest BCUT2D eigenvalue weighted by molar-refractivity contribution is 5.92. The summed E-state index contributed by atoms with van der Waals surface area (Å²) in [6.07, 6.45) is -0.652. The molecule has 1 heterocycles. The Hall–Kier alpha value is -0.940. The van der Waals surface area contributed by atoms with Gasteiger partial charge in [-0.25, -0.2) is 9.79 Å². The summed E-state index contributed by atoms with van der Waals surface area (Å²) < 4.78 is 4.57. The second kappa shape index (κ2) is 2.36. The summed E-state index contributed by atoms with van der Waals surface area (Å²) >= 11 is 0. The smallest absolute Gasteiger partial charge is 0.333 e. The molecule has 0 saturated carbocycles. The fourth-order valence-corrected chi connectivity index (χ4v) is 0.670. The maximum absolute atomic E-state index is 10.7. The Morgan fingerprint density at radius 1 is 1.60 bits per heavy atom. The molecule has 5 nitrogen and oxygen atoms in total. The van der Waals surface area contributed by atoms with Crippen LogP contribution in [0, 0.1) is 0 Å². The van der Waals surface area contributed by atoms with E-state index < -0.39 is 18.2 Å². The van der Waals surface area contributed by atoms with Crippen LogP contribution in [-0.2, 0) is 9.53 Å². The van der Waals surface area contributed by atoms with Crippen LogP contribution in [0.25, 0.3) is 0 Å². The standard InChI is InChI=1S/C5H9N3O2/c1-2-8-4(7)3(6)5(9)10-2/h3-4H,6-7H2,1H3. The number of esters is 1. The van der Waals surface area contributed by atoms with E-state index in [2.05, 4.69) is 9.73 Å². The number of rotatable bonds is 0. The van der Waals surface area contributed by atoms with Crippen molar-refractivity contribution in [3.8, 4) is 0 Å². The Labute approximate surface area is 58.0 Å². The topological polar surface area (TPSA) is 90.7 Å². The van der Waals surface area contributed by atoms with Gasteiger partial charge in [-0.1, -0.05) is 0 Å². The van der Waals surface area contributed by atoms with Gasteiger partial charge in [-0.2, -0.15) is 0 Å². The van der Waals surface area contributed by atoms with E-state index in [1.54, 1.807) is 6.92 Å². The van der Waals surface area contributed by atoms with E-state index in [9.17, 15) is 4.79 Å². The van der Waals surface area contributed by atoms with Crippen LogP contribution in [0.5, 0.6) is 0 Å². The number of hydrogen-bond donors (Lipinski definition) is 2. The van der Waals surface area contributed by atoms with Gasteiger partial charge in [0.05, 0.1) is 0 Å². The Kier molecular flexibility index (Phi) is 1.69. The fourth-order valence-electron chi connectivity index (χ4n) is 0.670. The molecule has 0 bridgehead atoms. The minimum absolute atomic E-state index is 0.277. The first-order valence-corrected chi connectivity index (χ1v) is 2.88. The first-order chi connectivity index (χ1) is 4.61. The molecular formula is C5H9N3O2. The van der Waals surface area contributed by atoms with Crippen LogP contribution in [0.15, 0.2) is 4.99 Å². The van der Waals surface area contributed by atoms with Crippen molar-refractivity contribution in [1.82, 2.24) is 0 Å². The predicted molar refractivity (Wildman–Crippen MR) is 35.2 cm³/mol. The van der Waals surface area contributed by atoms with Gasteiger partial charge in [0.1, 0.15) is 12.2 Å². The first-order valence-electron chi connectivity index (χ1n) is 2.88. The van der Waals surface area contributed by atoms with E-state index >= 15 is 0 Å². The molecule has 0 radical (unpaired) electrons. The van der Waals surface area contributed by atoms with Crippen molar-refractivity contribution in [1.29, 1.82) is 0 Å². The third-order valence-electron chi connectivity index (χ3n) is 1.22. The maximum Gasteiger partial charge on any atom is 0.333 e. The molecule has 2 atom stereocenters. The lowest BCUT2D eigenvalue weighted by molar-refractivity contribution is -0.138. The predicted octanol–water partition coefficient (Wildman–Crippen LogP) is -1.43. The molecule has 2 unspecified atom stereocenters. The largest absolute Gasteiger partial charge is 0.411 e. The first kappa shape index (κ1) is 7.17. The quantitative estimate of drug-likeness (QED) is 0.407. The highest BCUT2D eigenvalue weighted by atomic mass is 16.5. The number of carbonyl (C=O) groups excluding carboxylic acids is 1. The van der Waals surface area contributed by atoms with Gasteiger partial charge in [-0.3, -0.25) is 0 Å². The van der Waals surface area contributed by atoms with Gasteiger partial charge in [0.2, 0.25) is 0 Å². The molecule has 0 aromatic rings. The normalized spacial score (nSPS) is 33.1. The van der Waals surface area contributed by atoms with Crippen molar-refractivity contribution in [2.45, 2.75) is 19.1 Å². The van der Waals surface area contributed by atoms with Crippen molar-refractivity contribution < 1.29 is 9.53 Å². The van der Waals surface area contributed by atoms with E-state index in [-0.39, 0.29) is 5.90 Å². The molecule has 10 heavy (non-hydrogen) atoms. The van der Waals surface area contributed by atoms with E-state index in [1.165, 1.54) is 0 Å². The average Bonchev–Trinajstić information content (AvgIpc) is 1.82. The van der Waals surface area contributed by atoms with Gasteiger partial charge in [-0.05, 0) is 0 Å². The van der Waals surface area contributed by atoms with Gasteiger partial charge in [0.25, 0.3) is 0 Å². The number of aliphatic imine (C=N–C) groups is 1. The van der Waals surface area contributed by atoms with Gasteiger partial charge >= 0.3 is 5.97 Å². The number of hydrogen-bond acceptors (Lipinski definition) is 5. The second-order valence-electron chi connectivity index (χ2n) is 2.09.